The fraction of sp³-hybridized carbons (Fsp3) is 0.857. The lowest BCUT2D eigenvalue weighted by molar-refractivity contribution is -0.151. The molecular formula is C14H26N2O3. The van der Waals surface area contributed by atoms with Crippen molar-refractivity contribution in [2.24, 2.45) is 11.3 Å². The van der Waals surface area contributed by atoms with Crippen LogP contribution in [0.1, 0.15) is 33.6 Å². The van der Waals surface area contributed by atoms with Crippen molar-refractivity contribution in [3.05, 3.63) is 0 Å². The quantitative estimate of drug-likeness (QED) is 0.817. The van der Waals surface area contributed by atoms with E-state index in [0.29, 0.717) is 19.6 Å². The second-order valence-electron chi connectivity index (χ2n) is 6.01. The normalized spacial score (nSPS) is 21.2. The Morgan fingerprint density at radius 2 is 2.05 bits per heavy atom. The Bertz CT molecular complexity index is 342. The second-order valence-corrected chi connectivity index (χ2v) is 6.01. The maximum absolute atomic E-state index is 11.9. The molecule has 1 fully saturated rings. The molecule has 0 spiro atoms. The van der Waals surface area contributed by atoms with Crippen LogP contribution in [0.5, 0.6) is 0 Å². The van der Waals surface area contributed by atoms with E-state index in [1.54, 1.807) is 25.8 Å². The van der Waals surface area contributed by atoms with Crippen LogP contribution in [0.25, 0.3) is 0 Å². The molecule has 1 unspecified atom stereocenters. The van der Waals surface area contributed by atoms with Crippen LogP contribution in [0, 0.1) is 11.3 Å². The zero-order valence-corrected chi connectivity index (χ0v) is 12.5. The van der Waals surface area contributed by atoms with E-state index in [4.69, 9.17) is 0 Å². The maximum Gasteiger partial charge on any atom is 0.309 e. The van der Waals surface area contributed by atoms with Crippen LogP contribution in [-0.4, -0.2) is 60.0 Å². The largest absolute Gasteiger partial charge is 0.481 e. The molecule has 0 aromatic heterocycles. The standard InChI is InChI=1S/C14H26N2O3/c1-5-15(4)12(17)10-16-8-6-7-11(9-16)14(2,3)13(18)19/h11H,5-10H2,1-4H3,(H,18,19). The molecule has 5 nitrogen and oxygen atoms in total. The highest BCUT2D eigenvalue weighted by molar-refractivity contribution is 5.78. The lowest BCUT2D eigenvalue weighted by atomic mass is 9.74. The van der Waals surface area contributed by atoms with Crippen molar-refractivity contribution in [1.82, 2.24) is 9.80 Å². The highest BCUT2D eigenvalue weighted by Crippen LogP contribution is 2.34. The van der Waals surface area contributed by atoms with Gasteiger partial charge in [-0.05, 0) is 46.1 Å². The third-order valence-electron chi connectivity index (χ3n) is 4.34. The second kappa shape index (κ2) is 6.37. The molecule has 1 amide bonds. The first-order valence-electron chi connectivity index (χ1n) is 6.98. The van der Waals surface area contributed by atoms with Crippen LogP contribution in [-0.2, 0) is 9.59 Å². The first kappa shape index (κ1) is 16.0. The molecule has 1 atom stereocenters. The average molecular weight is 270 g/mol. The number of carbonyl (C=O) groups excluding carboxylic acids is 1. The Labute approximate surface area is 115 Å². The molecular weight excluding hydrogens is 244 g/mol. The first-order chi connectivity index (χ1) is 8.78. The van der Waals surface area contributed by atoms with Gasteiger partial charge in [0.05, 0.1) is 12.0 Å². The van der Waals surface area contributed by atoms with Gasteiger partial charge in [-0.2, -0.15) is 0 Å². The number of nitrogens with zero attached hydrogens (tertiary/aromatic N) is 2. The Kier molecular flexibility index (Phi) is 5.35. The number of rotatable bonds is 5. The summed E-state index contributed by atoms with van der Waals surface area (Å²) in [6.45, 7) is 8.20. The van der Waals surface area contributed by atoms with Crippen LogP contribution in [0.2, 0.25) is 0 Å². The van der Waals surface area contributed by atoms with E-state index in [9.17, 15) is 14.7 Å². The average Bonchev–Trinajstić information content (AvgIpc) is 2.37. The monoisotopic (exact) mass is 270 g/mol. The SMILES string of the molecule is CCN(C)C(=O)CN1CCCC(C(C)(C)C(=O)O)C1. The molecule has 5 heteroatoms. The summed E-state index contributed by atoms with van der Waals surface area (Å²) >= 11 is 0. The number of carboxylic acids is 1. The number of carbonyl (C=O) groups is 2. The van der Waals surface area contributed by atoms with Gasteiger partial charge in [0.15, 0.2) is 0 Å². The van der Waals surface area contributed by atoms with Gasteiger partial charge in [0.1, 0.15) is 0 Å². The molecule has 0 radical (unpaired) electrons. The molecule has 0 saturated carbocycles. The highest BCUT2D eigenvalue weighted by atomic mass is 16.4. The Balaban J connectivity index is 2.60. The molecule has 1 N–H and O–H groups in total. The minimum absolute atomic E-state index is 0.108. The Hall–Kier alpha value is -1.10. The van der Waals surface area contributed by atoms with Crippen LogP contribution in [0.3, 0.4) is 0 Å². The van der Waals surface area contributed by atoms with E-state index >= 15 is 0 Å². The van der Waals surface area contributed by atoms with Gasteiger partial charge in [0, 0.05) is 20.1 Å². The smallest absolute Gasteiger partial charge is 0.309 e. The van der Waals surface area contributed by atoms with Crippen molar-refractivity contribution in [2.45, 2.75) is 33.6 Å². The van der Waals surface area contributed by atoms with E-state index in [1.165, 1.54) is 0 Å². The van der Waals surface area contributed by atoms with Crippen molar-refractivity contribution in [2.75, 3.05) is 33.2 Å². The highest BCUT2D eigenvalue weighted by Gasteiger charge is 2.39. The summed E-state index contributed by atoms with van der Waals surface area (Å²) in [5.41, 5.74) is -0.724. The third kappa shape index (κ3) is 3.93. The van der Waals surface area contributed by atoms with E-state index in [2.05, 4.69) is 4.90 Å². The van der Waals surface area contributed by atoms with E-state index in [-0.39, 0.29) is 11.8 Å². The first-order valence-corrected chi connectivity index (χ1v) is 6.98. The van der Waals surface area contributed by atoms with E-state index < -0.39 is 11.4 Å². The predicted molar refractivity (Wildman–Crippen MR) is 73.9 cm³/mol. The molecule has 1 aliphatic rings. The Morgan fingerprint density at radius 1 is 1.42 bits per heavy atom. The van der Waals surface area contributed by atoms with Crippen LogP contribution in [0.15, 0.2) is 0 Å². The summed E-state index contributed by atoms with van der Waals surface area (Å²) in [6, 6.07) is 0. The molecule has 1 aliphatic heterocycles. The summed E-state index contributed by atoms with van der Waals surface area (Å²) in [4.78, 5) is 27.0. The van der Waals surface area contributed by atoms with Crippen molar-refractivity contribution in [1.29, 1.82) is 0 Å². The lowest BCUT2D eigenvalue weighted by Gasteiger charge is -2.39. The molecule has 1 saturated heterocycles. The molecule has 19 heavy (non-hydrogen) atoms. The summed E-state index contributed by atoms with van der Waals surface area (Å²) in [7, 11) is 1.80. The minimum atomic E-state index is -0.753. The molecule has 110 valence electrons. The van der Waals surface area contributed by atoms with Gasteiger partial charge in [-0.3, -0.25) is 14.5 Å². The molecule has 1 rings (SSSR count). The molecule has 1 heterocycles. The molecule has 0 bridgehead atoms. The summed E-state index contributed by atoms with van der Waals surface area (Å²) in [5, 5.41) is 9.29. The fourth-order valence-electron chi connectivity index (χ4n) is 2.45. The molecule has 0 aromatic rings. The molecule has 0 aromatic carbocycles. The minimum Gasteiger partial charge on any atom is -0.481 e. The Morgan fingerprint density at radius 3 is 2.58 bits per heavy atom. The van der Waals surface area contributed by atoms with Gasteiger partial charge in [-0.15, -0.1) is 0 Å². The number of likely N-dealkylation sites (N-methyl/N-ethyl adjacent to an activating group) is 1. The number of piperidine rings is 1. The topological polar surface area (TPSA) is 60.9 Å². The maximum atomic E-state index is 11.9. The van der Waals surface area contributed by atoms with Gasteiger partial charge in [-0.25, -0.2) is 0 Å². The lowest BCUT2D eigenvalue weighted by Crippen LogP contribution is -2.47. The predicted octanol–water partition coefficient (Wildman–Crippen LogP) is 1.29. The zero-order chi connectivity index (χ0) is 14.6. The number of likely N-dealkylation sites (tertiary alicyclic amines) is 1. The zero-order valence-electron chi connectivity index (χ0n) is 12.5. The van der Waals surface area contributed by atoms with Gasteiger partial charge >= 0.3 is 5.97 Å². The summed E-state index contributed by atoms with van der Waals surface area (Å²) < 4.78 is 0. The third-order valence-corrected chi connectivity index (χ3v) is 4.34. The van der Waals surface area contributed by atoms with E-state index in [0.717, 1.165) is 19.4 Å². The van der Waals surface area contributed by atoms with Crippen molar-refractivity contribution in [3.8, 4) is 0 Å². The van der Waals surface area contributed by atoms with Gasteiger partial charge in [0.2, 0.25) is 5.91 Å². The van der Waals surface area contributed by atoms with Gasteiger partial charge in [-0.1, -0.05) is 0 Å². The number of amides is 1. The number of aliphatic carboxylic acids is 1. The van der Waals surface area contributed by atoms with Crippen LogP contribution >= 0.6 is 0 Å². The summed E-state index contributed by atoms with van der Waals surface area (Å²) in [5.74, 6) is -0.536. The number of carboxylic acid groups (broad SMARTS) is 1. The van der Waals surface area contributed by atoms with Crippen molar-refractivity contribution < 1.29 is 14.7 Å². The van der Waals surface area contributed by atoms with Crippen LogP contribution < -0.4 is 0 Å². The summed E-state index contributed by atoms with van der Waals surface area (Å²) in [6.07, 6.45) is 1.89. The van der Waals surface area contributed by atoms with Crippen LogP contribution in [0.4, 0.5) is 0 Å². The van der Waals surface area contributed by atoms with E-state index in [1.807, 2.05) is 6.92 Å². The van der Waals surface area contributed by atoms with Gasteiger partial charge in [0.25, 0.3) is 0 Å². The fourth-order valence-corrected chi connectivity index (χ4v) is 2.45. The number of hydrogen-bond acceptors (Lipinski definition) is 3. The van der Waals surface area contributed by atoms with Crippen molar-refractivity contribution in [3.63, 3.8) is 0 Å². The number of hydrogen-bond donors (Lipinski definition) is 1. The molecule has 0 aliphatic carbocycles. The van der Waals surface area contributed by atoms with Crippen molar-refractivity contribution >= 4 is 11.9 Å². The van der Waals surface area contributed by atoms with Gasteiger partial charge < -0.3 is 10.0 Å².